The van der Waals surface area contributed by atoms with Gasteiger partial charge in [-0.3, -0.25) is 5.10 Å². The first kappa shape index (κ1) is 12.8. The summed E-state index contributed by atoms with van der Waals surface area (Å²) in [5.74, 6) is 0.864. The molecule has 0 radical (unpaired) electrons. The van der Waals surface area contributed by atoms with E-state index in [0.29, 0.717) is 12.6 Å². The van der Waals surface area contributed by atoms with Crippen LogP contribution in [0.4, 0.5) is 0 Å². The van der Waals surface area contributed by atoms with Gasteiger partial charge in [0.25, 0.3) is 0 Å². The standard InChI is InChI=1S/C14H20N4/c1-9-5-11(3)13(6-10(9)2)12(4)15-7-14-16-8-17-18-14/h5-6,8,12,15H,7H2,1-4H3,(H,16,17,18). The summed E-state index contributed by atoms with van der Waals surface area (Å²) in [7, 11) is 0. The summed E-state index contributed by atoms with van der Waals surface area (Å²) < 4.78 is 0. The van der Waals surface area contributed by atoms with Crippen molar-refractivity contribution in [3.63, 3.8) is 0 Å². The van der Waals surface area contributed by atoms with Gasteiger partial charge >= 0.3 is 0 Å². The van der Waals surface area contributed by atoms with Gasteiger partial charge in [-0.25, -0.2) is 4.98 Å². The Morgan fingerprint density at radius 1 is 1.17 bits per heavy atom. The minimum absolute atomic E-state index is 0.300. The summed E-state index contributed by atoms with van der Waals surface area (Å²) in [6.07, 6.45) is 1.53. The van der Waals surface area contributed by atoms with Crippen molar-refractivity contribution in [2.24, 2.45) is 0 Å². The van der Waals surface area contributed by atoms with Crippen LogP contribution < -0.4 is 5.32 Å². The maximum Gasteiger partial charge on any atom is 0.138 e. The molecule has 96 valence electrons. The lowest BCUT2D eigenvalue weighted by molar-refractivity contribution is 0.557. The average Bonchev–Trinajstić information content (AvgIpc) is 2.84. The molecule has 4 heteroatoms. The zero-order valence-corrected chi connectivity index (χ0v) is 11.4. The monoisotopic (exact) mass is 244 g/mol. The molecular formula is C14H20N4. The fourth-order valence-corrected chi connectivity index (χ4v) is 2.13. The van der Waals surface area contributed by atoms with Crippen LogP contribution in [0.25, 0.3) is 0 Å². The molecule has 1 aromatic heterocycles. The van der Waals surface area contributed by atoms with Gasteiger partial charge in [-0.1, -0.05) is 12.1 Å². The number of hydrogen-bond donors (Lipinski definition) is 2. The molecule has 0 spiro atoms. The molecule has 0 aliphatic heterocycles. The first-order valence-electron chi connectivity index (χ1n) is 6.23. The minimum Gasteiger partial charge on any atom is -0.303 e. The second kappa shape index (κ2) is 5.31. The molecule has 4 nitrogen and oxygen atoms in total. The number of nitrogens with one attached hydrogen (secondary N) is 2. The number of benzene rings is 1. The van der Waals surface area contributed by atoms with Crippen molar-refractivity contribution in [3.05, 3.63) is 46.5 Å². The molecule has 0 saturated carbocycles. The van der Waals surface area contributed by atoms with E-state index in [9.17, 15) is 0 Å². The summed E-state index contributed by atoms with van der Waals surface area (Å²) in [6, 6.07) is 4.81. The third kappa shape index (κ3) is 2.76. The second-order valence-corrected chi connectivity index (χ2v) is 4.83. The maximum absolute atomic E-state index is 4.11. The van der Waals surface area contributed by atoms with E-state index in [1.54, 1.807) is 0 Å². The van der Waals surface area contributed by atoms with E-state index < -0.39 is 0 Å². The van der Waals surface area contributed by atoms with Crippen molar-refractivity contribution in [3.8, 4) is 0 Å². The number of aryl methyl sites for hydroxylation is 3. The van der Waals surface area contributed by atoms with Gasteiger partial charge in [-0.2, -0.15) is 5.10 Å². The van der Waals surface area contributed by atoms with Gasteiger partial charge in [0, 0.05) is 6.04 Å². The van der Waals surface area contributed by atoms with Crippen LogP contribution in [0.15, 0.2) is 18.5 Å². The van der Waals surface area contributed by atoms with Crippen molar-refractivity contribution in [2.75, 3.05) is 0 Å². The fourth-order valence-electron chi connectivity index (χ4n) is 2.13. The highest BCUT2D eigenvalue weighted by molar-refractivity contribution is 5.37. The molecule has 2 N–H and O–H groups in total. The van der Waals surface area contributed by atoms with Gasteiger partial charge in [0.1, 0.15) is 12.2 Å². The van der Waals surface area contributed by atoms with Gasteiger partial charge in [0.05, 0.1) is 6.54 Å². The van der Waals surface area contributed by atoms with E-state index in [4.69, 9.17) is 0 Å². The summed E-state index contributed by atoms with van der Waals surface area (Å²) in [5.41, 5.74) is 5.36. The molecule has 2 aromatic rings. The van der Waals surface area contributed by atoms with Crippen LogP contribution in [0.2, 0.25) is 0 Å². The lowest BCUT2D eigenvalue weighted by atomic mass is 9.96. The topological polar surface area (TPSA) is 53.6 Å². The second-order valence-electron chi connectivity index (χ2n) is 4.83. The number of H-pyrrole nitrogens is 1. The van der Waals surface area contributed by atoms with Crippen LogP contribution in [-0.2, 0) is 6.54 Å². The van der Waals surface area contributed by atoms with Crippen LogP contribution in [0.1, 0.15) is 41.0 Å². The molecule has 1 atom stereocenters. The Labute approximate surface area is 108 Å². The Hall–Kier alpha value is -1.68. The molecule has 0 fully saturated rings. The van der Waals surface area contributed by atoms with Crippen LogP contribution >= 0.6 is 0 Å². The van der Waals surface area contributed by atoms with Crippen molar-refractivity contribution in [1.29, 1.82) is 0 Å². The van der Waals surface area contributed by atoms with Crippen molar-refractivity contribution in [2.45, 2.75) is 40.3 Å². The first-order chi connectivity index (χ1) is 8.58. The van der Waals surface area contributed by atoms with Crippen LogP contribution in [0.3, 0.4) is 0 Å². The normalized spacial score (nSPS) is 12.7. The third-order valence-corrected chi connectivity index (χ3v) is 3.39. The number of aromatic nitrogens is 3. The highest BCUT2D eigenvalue weighted by Gasteiger charge is 2.10. The molecule has 0 amide bonds. The van der Waals surface area contributed by atoms with Crippen molar-refractivity contribution in [1.82, 2.24) is 20.5 Å². The van der Waals surface area contributed by atoms with E-state index in [0.717, 1.165) is 5.82 Å². The predicted octanol–water partition coefficient (Wildman–Crippen LogP) is 2.58. The minimum atomic E-state index is 0.300. The first-order valence-corrected chi connectivity index (χ1v) is 6.23. The van der Waals surface area contributed by atoms with Crippen LogP contribution in [0, 0.1) is 20.8 Å². The molecule has 0 bridgehead atoms. The Kier molecular flexibility index (Phi) is 3.77. The predicted molar refractivity (Wildman–Crippen MR) is 72.3 cm³/mol. The molecule has 1 aromatic carbocycles. The summed E-state index contributed by atoms with van der Waals surface area (Å²) in [5, 5.41) is 10.2. The lowest BCUT2D eigenvalue weighted by Gasteiger charge is -2.17. The van der Waals surface area contributed by atoms with Crippen molar-refractivity contribution >= 4 is 0 Å². The van der Waals surface area contributed by atoms with Gasteiger partial charge in [0.2, 0.25) is 0 Å². The summed E-state index contributed by atoms with van der Waals surface area (Å²) >= 11 is 0. The van der Waals surface area contributed by atoms with Gasteiger partial charge in [0.15, 0.2) is 0 Å². The quantitative estimate of drug-likeness (QED) is 0.869. The number of nitrogens with zero attached hydrogens (tertiary/aromatic N) is 2. The fraction of sp³-hybridized carbons (Fsp3) is 0.429. The largest absolute Gasteiger partial charge is 0.303 e. The Balaban J connectivity index is 2.09. The van der Waals surface area contributed by atoms with Crippen LogP contribution in [-0.4, -0.2) is 15.2 Å². The van der Waals surface area contributed by atoms with Gasteiger partial charge in [-0.15, -0.1) is 0 Å². The molecule has 1 unspecified atom stereocenters. The van der Waals surface area contributed by atoms with Gasteiger partial charge < -0.3 is 5.32 Å². The highest BCUT2D eigenvalue weighted by atomic mass is 15.2. The zero-order valence-electron chi connectivity index (χ0n) is 11.4. The van der Waals surface area contributed by atoms with Gasteiger partial charge in [-0.05, 0) is 49.9 Å². The molecule has 0 aliphatic carbocycles. The Morgan fingerprint density at radius 2 is 1.89 bits per heavy atom. The highest BCUT2D eigenvalue weighted by Crippen LogP contribution is 2.21. The number of rotatable bonds is 4. The third-order valence-electron chi connectivity index (χ3n) is 3.39. The summed E-state index contributed by atoms with van der Waals surface area (Å²) in [6.45, 7) is 9.34. The summed E-state index contributed by atoms with van der Waals surface area (Å²) in [4.78, 5) is 4.11. The number of aromatic amines is 1. The smallest absolute Gasteiger partial charge is 0.138 e. The molecule has 0 aliphatic rings. The SMILES string of the molecule is Cc1cc(C)c(C(C)NCc2ncn[nH]2)cc1C. The Morgan fingerprint density at radius 3 is 2.56 bits per heavy atom. The van der Waals surface area contributed by atoms with Crippen LogP contribution in [0.5, 0.6) is 0 Å². The molecule has 18 heavy (non-hydrogen) atoms. The molecule has 2 rings (SSSR count). The molecule has 1 heterocycles. The van der Waals surface area contributed by atoms with E-state index in [2.05, 4.69) is 60.3 Å². The van der Waals surface area contributed by atoms with E-state index >= 15 is 0 Å². The Bertz CT molecular complexity index is 517. The number of hydrogen-bond acceptors (Lipinski definition) is 3. The molecular weight excluding hydrogens is 224 g/mol. The van der Waals surface area contributed by atoms with E-state index in [1.165, 1.54) is 28.6 Å². The van der Waals surface area contributed by atoms with E-state index in [-0.39, 0.29) is 0 Å². The lowest BCUT2D eigenvalue weighted by Crippen LogP contribution is -2.20. The van der Waals surface area contributed by atoms with Crippen molar-refractivity contribution < 1.29 is 0 Å². The van der Waals surface area contributed by atoms with E-state index in [1.807, 2.05) is 0 Å². The average molecular weight is 244 g/mol. The molecule has 0 saturated heterocycles. The zero-order chi connectivity index (χ0) is 13.1. The maximum atomic E-state index is 4.11.